The van der Waals surface area contributed by atoms with E-state index in [0.717, 1.165) is 17.3 Å². The Labute approximate surface area is 131 Å². The average Bonchev–Trinajstić information content (AvgIpc) is 2.85. The zero-order valence-corrected chi connectivity index (χ0v) is 13.1. The van der Waals surface area contributed by atoms with Crippen molar-refractivity contribution in [2.24, 2.45) is 5.10 Å². The van der Waals surface area contributed by atoms with Crippen LogP contribution < -0.4 is 20.2 Å². The van der Waals surface area contributed by atoms with Gasteiger partial charge in [-0.25, -0.2) is 5.43 Å². The molecule has 1 aromatic carbocycles. The van der Waals surface area contributed by atoms with Gasteiger partial charge < -0.3 is 9.47 Å². The van der Waals surface area contributed by atoms with Crippen LogP contribution in [0.2, 0.25) is 0 Å². The summed E-state index contributed by atoms with van der Waals surface area (Å²) < 4.78 is 10.4. The second kappa shape index (κ2) is 6.99. The van der Waals surface area contributed by atoms with Crippen LogP contribution in [0.15, 0.2) is 28.2 Å². The Morgan fingerprint density at radius 1 is 1.32 bits per heavy atom. The Bertz CT molecular complexity index is 670. The highest BCUT2D eigenvalue weighted by Gasteiger charge is 2.24. The van der Waals surface area contributed by atoms with E-state index in [4.69, 9.17) is 9.47 Å². The first-order chi connectivity index (χ1) is 10.5. The summed E-state index contributed by atoms with van der Waals surface area (Å²) in [6, 6.07) is 5.34. The van der Waals surface area contributed by atoms with Gasteiger partial charge in [-0.3, -0.25) is 14.9 Å². The van der Waals surface area contributed by atoms with Crippen molar-refractivity contribution in [3.05, 3.63) is 28.7 Å². The Balaban J connectivity index is 2.21. The second-order valence-electron chi connectivity index (χ2n) is 4.26. The normalized spacial score (nSPS) is 17.5. The largest absolute Gasteiger partial charge is 0.493 e. The number of hydrazone groups is 1. The van der Waals surface area contributed by atoms with Gasteiger partial charge in [-0.2, -0.15) is 0 Å². The number of carbonyl (C=O) groups excluding carboxylic acids is 2. The van der Waals surface area contributed by atoms with Crippen molar-refractivity contribution >= 4 is 34.8 Å². The fourth-order valence-corrected chi connectivity index (χ4v) is 2.49. The molecular weight excluding hydrogens is 306 g/mol. The predicted octanol–water partition coefficient (Wildman–Crippen LogP) is 1.31. The number of amides is 2. The summed E-state index contributed by atoms with van der Waals surface area (Å²) in [5.41, 5.74) is 3.06. The van der Waals surface area contributed by atoms with Crippen LogP contribution in [0.1, 0.15) is 12.5 Å². The molecule has 1 heterocycles. The van der Waals surface area contributed by atoms with Crippen molar-refractivity contribution in [3.8, 4) is 11.5 Å². The van der Waals surface area contributed by atoms with Gasteiger partial charge in [0.15, 0.2) is 16.7 Å². The number of thioether (sulfide) groups is 1. The molecule has 0 saturated carbocycles. The van der Waals surface area contributed by atoms with Gasteiger partial charge in [-0.1, -0.05) is 6.07 Å². The van der Waals surface area contributed by atoms with Gasteiger partial charge in [0.2, 0.25) is 5.91 Å². The lowest BCUT2D eigenvalue weighted by Gasteiger charge is -2.07. The lowest BCUT2D eigenvalue weighted by molar-refractivity contribution is -0.119. The van der Waals surface area contributed by atoms with Crippen LogP contribution >= 0.6 is 11.8 Å². The van der Waals surface area contributed by atoms with Crippen molar-refractivity contribution in [2.75, 3.05) is 14.2 Å². The first kappa shape index (κ1) is 15.9. The molecule has 1 fully saturated rings. The van der Waals surface area contributed by atoms with Crippen molar-refractivity contribution in [2.45, 2.75) is 6.92 Å². The van der Waals surface area contributed by atoms with Crippen LogP contribution in [0.25, 0.3) is 6.08 Å². The minimum atomic E-state index is -0.306. The van der Waals surface area contributed by atoms with Crippen LogP contribution in [0.3, 0.4) is 0 Å². The van der Waals surface area contributed by atoms with Crippen LogP contribution in [0, 0.1) is 0 Å². The van der Waals surface area contributed by atoms with Crippen molar-refractivity contribution < 1.29 is 19.1 Å². The monoisotopic (exact) mass is 321 g/mol. The molecule has 0 aliphatic carbocycles. The zero-order valence-electron chi connectivity index (χ0n) is 12.3. The molecule has 22 heavy (non-hydrogen) atoms. The number of hydrogen-bond donors (Lipinski definition) is 2. The number of amidine groups is 1. The number of ether oxygens (including phenoxy) is 2. The van der Waals surface area contributed by atoms with E-state index in [9.17, 15) is 9.59 Å². The van der Waals surface area contributed by atoms with Crippen molar-refractivity contribution in [3.63, 3.8) is 0 Å². The Morgan fingerprint density at radius 2 is 2.05 bits per heavy atom. The lowest BCUT2D eigenvalue weighted by atomic mass is 10.2. The maximum Gasteiger partial charge on any atom is 0.264 e. The molecule has 7 nitrogen and oxygen atoms in total. The van der Waals surface area contributed by atoms with Crippen LogP contribution in [-0.4, -0.2) is 31.2 Å². The molecule has 2 rings (SSSR count). The van der Waals surface area contributed by atoms with Crippen molar-refractivity contribution in [1.29, 1.82) is 0 Å². The molecule has 1 aromatic rings. The molecule has 8 heteroatoms. The quantitative estimate of drug-likeness (QED) is 0.645. The number of benzene rings is 1. The number of hydrogen-bond acceptors (Lipinski definition) is 6. The van der Waals surface area contributed by atoms with Gasteiger partial charge >= 0.3 is 0 Å². The van der Waals surface area contributed by atoms with Gasteiger partial charge in [0.25, 0.3) is 5.91 Å². The third-order valence-electron chi connectivity index (χ3n) is 2.67. The first-order valence-electron chi connectivity index (χ1n) is 6.30. The molecule has 2 N–H and O–H groups in total. The Morgan fingerprint density at radius 3 is 2.68 bits per heavy atom. The minimum absolute atomic E-state index is 0.274. The fourth-order valence-electron chi connectivity index (χ4n) is 1.70. The molecule has 0 bridgehead atoms. The summed E-state index contributed by atoms with van der Waals surface area (Å²) >= 11 is 1.14. The summed E-state index contributed by atoms with van der Waals surface area (Å²) in [5.74, 6) is 0.608. The highest BCUT2D eigenvalue weighted by Crippen LogP contribution is 2.31. The molecule has 0 aromatic heterocycles. The summed E-state index contributed by atoms with van der Waals surface area (Å²) in [5, 5.41) is 6.68. The molecule has 0 radical (unpaired) electrons. The number of nitrogens with zero attached hydrogens (tertiary/aromatic N) is 1. The highest BCUT2D eigenvalue weighted by molar-refractivity contribution is 8.18. The summed E-state index contributed by atoms with van der Waals surface area (Å²) in [4.78, 5) is 23.1. The Kier molecular flexibility index (Phi) is 5.05. The van der Waals surface area contributed by atoms with E-state index < -0.39 is 0 Å². The molecule has 2 amide bonds. The maximum atomic E-state index is 11.9. The van der Waals surface area contributed by atoms with Crippen molar-refractivity contribution in [1.82, 2.24) is 10.7 Å². The minimum Gasteiger partial charge on any atom is -0.493 e. The van der Waals surface area contributed by atoms with Crippen LogP contribution in [0.5, 0.6) is 11.5 Å². The average molecular weight is 321 g/mol. The standard InChI is InChI=1S/C14H15N3O4S/c1-8(18)16-17-14-15-13(19)12(22-14)7-9-4-5-10(20-2)11(6-9)21-3/h4-7H,1-3H3,(H,16,18)(H,15,17,19)/b12-7-. The highest BCUT2D eigenvalue weighted by atomic mass is 32.2. The van der Waals surface area contributed by atoms with E-state index >= 15 is 0 Å². The number of carbonyl (C=O) groups is 2. The van der Waals surface area contributed by atoms with E-state index in [1.807, 2.05) is 6.07 Å². The van der Waals surface area contributed by atoms with Gasteiger partial charge in [-0.15, -0.1) is 5.10 Å². The summed E-state index contributed by atoms with van der Waals surface area (Å²) in [6.07, 6.45) is 1.71. The fraction of sp³-hybridized carbons (Fsp3) is 0.214. The molecule has 0 atom stereocenters. The van der Waals surface area contributed by atoms with E-state index in [1.54, 1.807) is 32.4 Å². The molecule has 1 aliphatic rings. The van der Waals surface area contributed by atoms with E-state index in [-0.39, 0.29) is 11.8 Å². The summed E-state index contributed by atoms with van der Waals surface area (Å²) in [6.45, 7) is 1.34. The van der Waals surface area contributed by atoms with E-state index in [0.29, 0.717) is 21.6 Å². The van der Waals surface area contributed by atoms with E-state index in [2.05, 4.69) is 15.8 Å². The lowest BCUT2D eigenvalue weighted by Crippen LogP contribution is -2.23. The maximum absolute atomic E-state index is 11.9. The number of rotatable bonds is 4. The molecule has 0 spiro atoms. The molecule has 0 unspecified atom stereocenters. The van der Waals surface area contributed by atoms with Gasteiger partial charge in [0.1, 0.15) is 0 Å². The summed E-state index contributed by atoms with van der Waals surface area (Å²) in [7, 11) is 3.10. The second-order valence-corrected chi connectivity index (χ2v) is 5.29. The smallest absolute Gasteiger partial charge is 0.264 e. The molecule has 1 aliphatic heterocycles. The third kappa shape index (κ3) is 3.79. The Hall–Kier alpha value is -2.48. The number of methoxy groups -OCH3 is 2. The van der Waals surface area contributed by atoms with Gasteiger partial charge in [-0.05, 0) is 35.5 Å². The van der Waals surface area contributed by atoms with Gasteiger partial charge in [0, 0.05) is 6.92 Å². The molecule has 1 saturated heterocycles. The molecular formula is C14H15N3O4S. The van der Waals surface area contributed by atoms with Crippen LogP contribution in [-0.2, 0) is 9.59 Å². The van der Waals surface area contributed by atoms with Crippen LogP contribution in [0.4, 0.5) is 0 Å². The SMILES string of the molecule is COc1ccc(/C=C2\S/C(=N/NC(C)=O)NC2=O)cc1OC. The predicted molar refractivity (Wildman–Crippen MR) is 84.5 cm³/mol. The topological polar surface area (TPSA) is 89.0 Å². The zero-order chi connectivity index (χ0) is 16.1. The van der Waals surface area contributed by atoms with E-state index in [1.165, 1.54) is 6.92 Å². The first-order valence-corrected chi connectivity index (χ1v) is 7.12. The molecule has 116 valence electrons. The number of nitrogens with one attached hydrogen (secondary N) is 2. The van der Waals surface area contributed by atoms with Gasteiger partial charge in [0.05, 0.1) is 19.1 Å². The third-order valence-corrected chi connectivity index (χ3v) is 3.58.